The van der Waals surface area contributed by atoms with Crippen molar-refractivity contribution >= 4 is 5.91 Å². The molecule has 2 rings (SSSR count). The van der Waals surface area contributed by atoms with Crippen molar-refractivity contribution in [1.82, 2.24) is 4.90 Å². The van der Waals surface area contributed by atoms with Crippen LogP contribution in [0.1, 0.15) is 52.4 Å². The van der Waals surface area contributed by atoms with Crippen LogP contribution in [0.3, 0.4) is 0 Å². The van der Waals surface area contributed by atoms with Crippen LogP contribution in [0.15, 0.2) is 0 Å². The van der Waals surface area contributed by atoms with Crippen molar-refractivity contribution < 1.29 is 4.79 Å². The van der Waals surface area contributed by atoms with Crippen molar-refractivity contribution in [3.8, 4) is 0 Å². The third-order valence-electron chi connectivity index (χ3n) is 5.70. The number of likely N-dealkylation sites (tertiary alicyclic amines) is 1. The van der Waals surface area contributed by atoms with E-state index in [0.717, 1.165) is 44.1 Å². The van der Waals surface area contributed by atoms with Crippen LogP contribution in [0.2, 0.25) is 0 Å². The molecule has 2 fully saturated rings. The van der Waals surface area contributed by atoms with Gasteiger partial charge in [-0.2, -0.15) is 0 Å². The highest BCUT2D eigenvalue weighted by atomic mass is 16.1. The Hall–Kier alpha value is -0.610. The van der Waals surface area contributed by atoms with Gasteiger partial charge >= 0.3 is 0 Å². The Morgan fingerprint density at radius 2 is 1.95 bits per heavy atom. The Morgan fingerprint density at radius 3 is 2.50 bits per heavy atom. The van der Waals surface area contributed by atoms with E-state index in [2.05, 4.69) is 18.7 Å². The molecule has 2 aliphatic rings. The van der Waals surface area contributed by atoms with Crippen molar-refractivity contribution in [3.63, 3.8) is 0 Å². The minimum absolute atomic E-state index is 0.280. The molecule has 116 valence electrons. The van der Waals surface area contributed by atoms with E-state index in [0.29, 0.717) is 0 Å². The Balaban J connectivity index is 1.77. The van der Waals surface area contributed by atoms with E-state index in [1.54, 1.807) is 0 Å². The van der Waals surface area contributed by atoms with Crippen LogP contribution in [-0.4, -0.2) is 36.0 Å². The molecule has 0 spiro atoms. The zero-order valence-corrected chi connectivity index (χ0v) is 13.1. The predicted molar refractivity (Wildman–Crippen MR) is 82.1 cm³/mol. The summed E-state index contributed by atoms with van der Waals surface area (Å²) in [7, 11) is 0. The van der Waals surface area contributed by atoms with Crippen LogP contribution in [0.25, 0.3) is 0 Å². The molecule has 1 aliphatic carbocycles. The number of rotatable bonds is 5. The smallest absolute Gasteiger partial charge is 0.237 e. The second-order valence-corrected chi connectivity index (χ2v) is 7.21. The van der Waals surface area contributed by atoms with E-state index in [9.17, 15) is 4.79 Å². The zero-order chi connectivity index (χ0) is 14.8. The molecule has 0 aromatic heterocycles. The topological polar surface area (TPSA) is 72.3 Å². The first-order valence-electron chi connectivity index (χ1n) is 8.24. The lowest BCUT2D eigenvalue weighted by molar-refractivity contribution is -0.124. The van der Waals surface area contributed by atoms with Gasteiger partial charge in [0.2, 0.25) is 5.91 Å². The molecule has 20 heavy (non-hydrogen) atoms. The minimum atomic E-state index is -0.740. The molecule has 1 saturated heterocycles. The summed E-state index contributed by atoms with van der Waals surface area (Å²) in [4.78, 5) is 14.1. The van der Waals surface area contributed by atoms with Crippen LogP contribution < -0.4 is 11.5 Å². The van der Waals surface area contributed by atoms with Gasteiger partial charge in [0.15, 0.2) is 0 Å². The normalized spacial score (nSPS) is 32.9. The van der Waals surface area contributed by atoms with E-state index in [-0.39, 0.29) is 11.8 Å². The van der Waals surface area contributed by atoms with Crippen LogP contribution in [0, 0.1) is 17.8 Å². The minimum Gasteiger partial charge on any atom is -0.368 e. The summed E-state index contributed by atoms with van der Waals surface area (Å²) in [5, 5.41) is 0. The van der Waals surface area contributed by atoms with Gasteiger partial charge in [0.25, 0.3) is 0 Å². The first kappa shape index (κ1) is 15.8. The van der Waals surface area contributed by atoms with Crippen LogP contribution >= 0.6 is 0 Å². The summed E-state index contributed by atoms with van der Waals surface area (Å²) >= 11 is 0. The maximum Gasteiger partial charge on any atom is 0.237 e. The zero-order valence-electron chi connectivity index (χ0n) is 13.1. The highest BCUT2D eigenvalue weighted by Crippen LogP contribution is 2.36. The number of nitrogens with zero attached hydrogens (tertiary/aromatic N) is 1. The fraction of sp³-hybridized carbons (Fsp3) is 0.938. The summed E-state index contributed by atoms with van der Waals surface area (Å²) in [6.45, 7) is 8.12. The standard InChI is InChI=1S/C16H31N3O/c1-12(2)13-5-9-19(10-6-13)11-7-14-4-3-8-16(14,18)15(17)20/h12-14H,3-11,18H2,1-2H3,(H2,17,20). The Labute approximate surface area is 123 Å². The van der Waals surface area contributed by atoms with Gasteiger partial charge in [-0.1, -0.05) is 20.3 Å². The quantitative estimate of drug-likeness (QED) is 0.806. The van der Waals surface area contributed by atoms with Gasteiger partial charge in [0.1, 0.15) is 0 Å². The van der Waals surface area contributed by atoms with Crippen molar-refractivity contribution in [2.75, 3.05) is 19.6 Å². The molecule has 0 aromatic carbocycles. The predicted octanol–water partition coefficient (Wildman–Crippen LogP) is 1.73. The second kappa shape index (κ2) is 6.44. The van der Waals surface area contributed by atoms with Gasteiger partial charge in [-0.15, -0.1) is 0 Å². The van der Waals surface area contributed by atoms with Crippen molar-refractivity contribution in [2.24, 2.45) is 29.2 Å². The number of amides is 1. The third-order valence-corrected chi connectivity index (χ3v) is 5.70. The SMILES string of the molecule is CC(C)C1CCN(CCC2CCCC2(N)C(N)=O)CC1. The molecule has 1 aliphatic heterocycles. The van der Waals surface area contributed by atoms with Gasteiger partial charge < -0.3 is 16.4 Å². The average Bonchev–Trinajstić information content (AvgIpc) is 2.79. The first-order chi connectivity index (χ1) is 9.43. The Morgan fingerprint density at radius 1 is 1.30 bits per heavy atom. The number of carbonyl (C=O) groups is 1. The van der Waals surface area contributed by atoms with Crippen LogP contribution in [0.5, 0.6) is 0 Å². The van der Waals surface area contributed by atoms with Crippen LogP contribution in [-0.2, 0) is 4.79 Å². The van der Waals surface area contributed by atoms with E-state index in [4.69, 9.17) is 11.5 Å². The molecule has 0 radical (unpaired) electrons. The van der Waals surface area contributed by atoms with Crippen LogP contribution in [0.4, 0.5) is 0 Å². The summed E-state index contributed by atoms with van der Waals surface area (Å²) in [6.07, 6.45) is 6.51. The second-order valence-electron chi connectivity index (χ2n) is 7.21. The van der Waals surface area contributed by atoms with E-state index in [1.165, 1.54) is 25.9 Å². The summed E-state index contributed by atoms with van der Waals surface area (Å²) in [5.74, 6) is 1.66. The van der Waals surface area contributed by atoms with Gasteiger partial charge in [-0.25, -0.2) is 0 Å². The lowest BCUT2D eigenvalue weighted by atomic mass is 9.84. The number of primary amides is 1. The number of piperidine rings is 1. The summed E-state index contributed by atoms with van der Waals surface area (Å²) in [6, 6.07) is 0. The maximum absolute atomic E-state index is 11.6. The van der Waals surface area contributed by atoms with Crippen molar-refractivity contribution in [3.05, 3.63) is 0 Å². The molecule has 1 amide bonds. The molecule has 4 N–H and O–H groups in total. The Bertz CT molecular complexity index is 337. The molecule has 1 heterocycles. The number of hydrogen-bond donors (Lipinski definition) is 2. The molecule has 0 aromatic rings. The van der Waals surface area contributed by atoms with E-state index in [1.807, 2.05) is 0 Å². The summed E-state index contributed by atoms with van der Waals surface area (Å²) in [5.41, 5.74) is 11.0. The monoisotopic (exact) mass is 281 g/mol. The van der Waals surface area contributed by atoms with E-state index >= 15 is 0 Å². The third kappa shape index (κ3) is 3.34. The molecule has 0 bridgehead atoms. The van der Waals surface area contributed by atoms with Gasteiger partial charge in [-0.05, 0) is 69.5 Å². The van der Waals surface area contributed by atoms with Gasteiger partial charge in [-0.3, -0.25) is 4.79 Å². The number of carbonyl (C=O) groups excluding carboxylic acids is 1. The number of nitrogens with two attached hydrogens (primary N) is 2. The van der Waals surface area contributed by atoms with Crippen molar-refractivity contribution in [1.29, 1.82) is 0 Å². The maximum atomic E-state index is 11.6. The lowest BCUT2D eigenvalue weighted by Crippen LogP contribution is -2.55. The van der Waals surface area contributed by atoms with E-state index < -0.39 is 5.54 Å². The largest absolute Gasteiger partial charge is 0.368 e. The summed E-state index contributed by atoms with van der Waals surface area (Å²) < 4.78 is 0. The Kier molecular flexibility index (Phi) is 5.08. The molecular weight excluding hydrogens is 250 g/mol. The first-order valence-corrected chi connectivity index (χ1v) is 8.24. The molecule has 4 nitrogen and oxygen atoms in total. The molecule has 2 atom stereocenters. The fourth-order valence-corrected chi connectivity index (χ4v) is 4.01. The van der Waals surface area contributed by atoms with Crippen molar-refractivity contribution in [2.45, 2.75) is 57.9 Å². The highest BCUT2D eigenvalue weighted by Gasteiger charge is 2.44. The van der Waals surface area contributed by atoms with Gasteiger partial charge in [0.05, 0.1) is 5.54 Å². The molecule has 1 saturated carbocycles. The fourth-order valence-electron chi connectivity index (χ4n) is 4.01. The molecule has 2 unspecified atom stereocenters. The average molecular weight is 281 g/mol. The number of hydrogen-bond acceptors (Lipinski definition) is 3. The molecule has 4 heteroatoms. The lowest BCUT2D eigenvalue weighted by Gasteiger charge is -2.35. The highest BCUT2D eigenvalue weighted by molar-refractivity contribution is 5.85. The molecular formula is C16H31N3O. The van der Waals surface area contributed by atoms with Gasteiger partial charge in [0, 0.05) is 0 Å².